The van der Waals surface area contributed by atoms with E-state index < -0.39 is 0 Å². The van der Waals surface area contributed by atoms with Crippen molar-refractivity contribution < 1.29 is 0 Å². The minimum absolute atomic E-state index is 0.195. The van der Waals surface area contributed by atoms with E-state index >= 15 is 0 Å². The molecule has 0 saturated carbocycles. The summed E-state index contributed by atoms with van der Waals surface area (Å²) in [5.74, 6) is 0.503. The first-order valence-electron chi connectivity index (χ1n) is 8.33. The Labute approximate surface area is 153 Å². The van der Waals surface area contributed by atoms with Crippen LogP contribution in [0.2, 0.25) is 0 Å². The van der Waals surface area contributed by atoms with Gasteiger partial charge in [-0.25, -0.2) is 14.3 Å². The number of thiazole rings is 1. The summed E-state index contributed by atoms with van der Waals surface area (Å²) in [7, 11) is 1.74. The maximum atomic E-state index is 12.5. The van der Waals surface area contributed by atoms with Crippen molar-refractivity contribution in [2.75, 3.05) is 0 Å². The Hall–Kier alpha value is -2.87. The Kier molecular flexibility index (Phi) is 4.12. The fourth-order valence-corrected chi connectivity index (χ4v) is 3.65. The van der Waals surface area contributed by atoms with Gasteiger partial charge in [-0.15, -0.1) is 16.4 Å². The molecule has 1 aromatic carbocycles. The number of aromatic nitrogens is 6. The molecule has 0 fully saturated rings. The van der Waals surface area contributed by atoms with Crippen molar-refractivity contribution in [3.63, 3.8) is 0 Å². The minimum Gasteiger partial charge on any atom is -0.267 e. The Balaban J connectivity index is 1.61. The van der Waals surface area contributed by atoms with Gasteiger partial charge in [-0.3, -0.25) is 4.79 Å². The van der Waals surface area contributed by atoms with Gasteiger partial charge in [-0.2, -0.15) is 5.10 Å². The van der Waals surface area contributed by atoms with Crippen LogP contribution in [0.25, 0.3) is 21.6 Å². The van der Waals surface area contributed by atoms with Gasteiger partial charge < -0.3 is 0 Å². The third kappa shape index (κ3) is 2.92. The van der Waals surface area contributed by atoms with E-state index in [1.54, 1.807) is 29.3 Å². The van der Waals surface area contributed by atoms with Crippen LogP contribution >= 0.6 is 11.3 Å². The number of benzene rings is 1. The van der Waals surface area contributed by atoms with Crippen LogP contribution in [0.4, 0.5) is 0 Å². The molecule has 0 aliphatic carbocycles. The molecule has 4 rings (SSSR count). The first-order chi connectivity index (χ1) is 12.5. The van der Waals surface area contributed by atoms with E-state index in [1.807, 2.05) is 0 Å². The highest BCUT2D eigenvalue weighted by Crippen LogP contribution is 2.27. The summed E-state index contributed by atoms with van der Waals surface area (Å²) >= 11 is 1.55. The van der Waals surface area contributed by atoms with E-state index in [1.165, 1.54) is 16.4 Å². The fourth-order valence-electron chi connectivity index (χ4n) is 2.75. The molecule has 0 N–H and O–H groups in total. The zero-order valence-corrected chi connectivity index (χ0v) is 15.6. The lowest BCUT2D eigenvalue weighted by atomic mass is 10.0. The Bertz CT molecular complexity index is 1120. The summed E-state index contributed by atoms with van der Waals surface area (Å²) in [6.07, 6.45) is 3.31. The zero-order chi connectivity index (χ0) is 18.3. The van der Waals surface area contributed by atoms with Crippen molar-refractivity contribution in [1.29, 1.82) is 0 Å². The van der Waals surface area contributed by atoms with Crippen LogP contribution in [-0.2, 0) is 13.6 Å². The van der Waals surface area contributed by atoms with Crippen LogP contribution in [0, 0.1) is 0 Å². The Morgan fingerprint density at radius 3 is 2.65 bits per heavy atom. The van der Waals surface area contributed by atoms with Crippen molar-refractivity contribution in [1.82, 2.24) is 29.8 Å². The number of nitrogens with zero attached hydrogens (tertiary/aromatic N) is 6. The van der Waals surface area contributed by atoms with Gasteiger partial charge in [-0.1, -0.05) is 43.3 Å². The molecule has 0 saturated heterocycles. The molecular weight excluding hydrogens is 348 g/mol. The molecule has 0 spiro atoms. The zero-order valence-electron chi connectivity index (χ0n) is 14.7. The van der Waals surface area contributed by atoms with Crippen LogP contribution in [0.1, 0.15) is 30.2 Å². The summed E-state index contributed by atoms with van der Waals surface area (Å²) in [5, 5.41) is 13.6. The van der Waals surface area contributed by atoms with Gasteiger partial charge in [0.2, 0.25) is 0 Å². The highest BCUT2D eigenvalue weighted by atomic mass is 32.1. The molecule has 0 aliphatic rings. The molecule has 0 bridgehead atoms. The second kappa shape index (κ2) is 6.45. The van der Waals surface area contributed by atoms with Crippen molar-refractivity contribution >= 4 is 22.4 Å². The molecule has 0 atom stereocenters. The molecule has 0 radical (unpaired) electrons. The fraction of sp³-hybridized carbons (Fsp3) is 0.278. The van der Waals surface area contributed by atoms with E-state index in [2.05, 4.69) is 58.5 Å². The van der Waals surface area contributed by atoms with Gasteiger partial charge >= 0.3 is 0 Å². The highest BCUT2D eigenvalue weighted by molar-refractivity contribution is 7.15. The normalized spacial score (nSPS) is 11.5. The predicted octanol–water partition coefficient (Wildman–Crippen LogP) is 2.82. The summed E-state index contributed by atoms with van der Waals surface area (Å²) in [4.78, 5) is 18.0. The number of aryl methyl sites for hydroxylation is 1. The predicted molar refractivity (Wildman–Crippen MR) is 101 cm³/mol. The van der Waals surface area contributed by atoms with Crippen LogP contribution in [0.3, 0.4) is 0 Å². The van der Waals surface area contributed by atoms with Crippen molar-refractivity contribution in [2.45, 2.75) is 26.3 Å². The van der Waals surface area contributed by atoms with Gasteiger partial charge in [0, 0.05) is 23.7 Å². The number of hydrogen-bond donors (Lipinski definition) is 0. The molecule has 3 aromatic heterocycles. The van der Waals surface area contributed by atoms with Gasteiger partial charge in [0.25, 0.3) is 5.56 Å². The lowest BCUT2D eigenvalue weighted by Gasteiger charge is -2.05. The quantitative estimate of drug-likeness (QED) is 0.555. The highest BCUT2D eigenvalue weighted by Gasteiger charge is 2.12. The molecular formula is C18H18N6OS. The van der Waals surface area contributed by atoms with Crippen LogP contribution in [0.15, 0.2) is 41.5 Å². The molecule has 8 heteroatoms. The van der Waals surface area contributed by atoms with Crippen LogP contribution in [0.5, 0.6) is 0 Å². The monoisotopic (exact) mass is 366 g/mol. The molecule has 7 nitrogen and oxygen atoms in total. The average molecular weight is 366 g/mol. The Morgan fingerprint density at radius 2 is 1.92 bits per heavy atom. The SMILES string of the molecule is CC(C)c1ccc(-c2ncc(Cn3nnc4c(cnn4C)c3=O)s2)cc1. The molecule has 132 valence electrons. The van der Waals surface area contributed by atoms with E-state index in [0.29, 0.717) is 23.5 Å². The second-order valence-electron chi connectivity index (χ2n) is 6.47. The first kappa shape index (κ1) is 16.6. The minimum atomic E-state index is -0.195. The maximum absolute atomic E-state index is 12.5. The summed E-state index contributed by atoms with van der Waals surface area (Å²) in [6, 6.07) is 8.44. The molecule has 26 heavy (non-hydrogen) atoms. The average Bonchev–Trinajstić information content (AvgIpc) is 3.25. The van der Waals surface area contributed by atoms with Crippen LogP contribution < -0.4 is 5.56 Å². The number of rotatable bonds is 4. The topological polar surface area (TPSA) is 78.5 Å². The second-order valence-corrected chi connectivity index (χ2v) is 7.58. The smallest absolute Gasteiger partial charge is 0.267 e. The maximum Gasteiger partial charge on any atom is 0.281 e. The molecule has 0 unspecified atom stereocenters. The van der Waals surface area contributed by atoms with Gasteiger partial charge in [0.05, 0.1) is 12.7 Å². The third-order valence-corrected chi connectivity index (χ3v) is 5.33. The van der Waals surface area contributed by atoms with Crippen molar-refractivity contribution in [3.8, 4) is 10.6 Å². The van der Waals surface area contributed by atoms with E-state index in [0.717, 1.165) is 15.4 Å². The van der Waals surface area contributed by atoms with E-state index in [4.69, 9.17) is 0 Å². The van der Waals surface area contributed by atoms with Crippen LogP contribution in [-0.4, -0.2) is 29.8 Å². The molecule has 4 aromatic rings. The summed E-state index contributed by atoms with van der Waals surface area (Å²) in [5.41, 5.74) is 2.67. The lowest BCUT2D eigenvalue weighted by Crippen LogP contribution is -2.24. The third-order valence-electron chi connectivity index (χ3n) is 4.30. The lowest BCUT2D eigenvalue weighted by molar-refractivity contribution is 0.599. The summed E-state index contributed by atoms with van der Waals surface area (Å²) in [6.45, 7) is 4.70. The van der Waals surface area contributed by atoms with E-state index in [-0.39, 0.29) is 5.56 Å². The van der Waals surface area contributed by atoms with Gasteiger partial charge in [0.1, 0.15) is 10.4 Å². The van der Waals surface area contributed by atoms with Gasteiger partial charge in [0.15, 0.2) is 5.65 Å². The standard InChI is InChI=1S/C18H18N6OS/c1-11(2)12-4-6-13(7-5-12)17-19-8-14(26-17)10-24-18(25)15-9-20-23(3)16(15)21-22-24/h4-9,11H,10H2,1-3H3. The van der Waals surface area contributed by atoms with Crippen molar-refractivity contribution in [2.24, 2.45) is 7.05 Å². The first-order valence-corrected chi connectivity index (χ1v) is 9.15. The van der Waals surface area contributed by atoms with Crippen molar-refractivity contribution in [3.05, 3.63) is 57.5 Å². The number of hydrogen-bond acceptors (Lipinski definition) is 6. The molecule has 0 amide bonds. The number of fused-ring (bicyclic) bond motifs is 1. The van der Waals surface area contributed by atoms with E-state index in [9.17, 15) is 4.79 Å². The van der Waals surface area contributed by atoms with Gasteiger partial charge in [-0.05, 0) is 11.5 Å². The largest absolute Gasteiger partial charge is 0.281 e. The Morgan fingerprint density at radius 1 is 1.15 bits per heavy atom. The summed E-state index contributed by atoms with van der Waals surface area (Å²) < 4.78 is 2.89. The molecule has 3 heterocycles. The molecule has 0 aliphatic heterocycles.